The van der Waals surface area contributed by atoms with Crippen molar-refractivity contribution in [2.24, 2.45) is 5.10 Å². The maximum absolute atomic E-state index is 12.9. The van der Waals surface area contributed by atoms with Gasteiger partial charge in [-0.05, 0) is 12.1 Å². The topological polar surface area (TPSA) is 35.8 Å². The van der Waals surface area contributed by atoms with E-state index in [4.69, 9.17) is 34.8 Å². The third-order valence-electron chi connectivity index (χ3n) is 2.57. The van der Waals surface area contributed by atoms with Gasteiger partial charge in [0.15, 0.2) is 0 Å². The number of hydrogen-bond acceptors (Lipinski definition) is 3. The number of benzene rings is 1. The van der Waals surface area contributed by atoms with E-state index in [9.17, 15) is 18.3 Å². The average molecular weight is 334 g/mol. The predicted octanol–water partition coefficient (Wildman–Crippen LogP) is 4.09. The van der Waals surface area contributed by atoms with E-state index in [0.717, 1.165) is 6.21 Å². The zero-order chi connectivity index (χ0) is 14.4. The van der Waals surface area contributed by atoms with Gasteiger partial charge in [-0.25, -0.2) is 5.01 Å². The summed E-state index contributed by atoms with van der Waals surface area (Å²) in [4.78, 5) is 0. The van der Waals surface area contributed by atoms with Gasteiger partial charge in [0.1, 0.15) is 5.69 Å². The highest BCUT2D eigenvalue weighted by atomic mass is 35.5. The predicted molar refractivity (Wildman–Crippen MR) is 68.1 cm³/mol. The Kier molecular flexibility index (Phi) is 3.64. The number of alkyl halides is 3. The molecule has 104 valence electrons. The molecule has 0 aromatic heterocycles. The lowest BCUT2D eigenvalue weighted by molar-refractivity contribution is -0.254. The van der Waals surface area contributed by atoms with E-state index in [-0.39, 0.29) is 20.8 Å². The molecule has 0 fully saturated rings. The lowest BCUT2D eigenvalue weighted by Gasteiger charge is -2.34. The van der Waals surface area contributed by atoms with Gasteiger partial charge in [0.05, 0.1) is 10.0 Å². The number of anilines is 1. The fourth-order valence-corrected chi connectivity index (χ4v) is 2.62. The van der Waals surface area contributed by atoms with Gasteiger partial charge in [-0.2, -0.15) is 18.3 Å². The number of hydrazone groups is 1. The zero-order valence-corrected chi connectivity index (χ0v) is 11.3. The van der Waals surface area contributed by atoms with Crippen molar-refractivity contribution in [1.29, 1.82) is 0 Å². The first-order valence-electron chi connectivity index (χ1n) is 4.93. The van der Waals surface area contributed by atoms with Crippen LogP contribution in [-0.4, -0.2) is 23.2 Å². The van der Waals surface area contributed by atoms with Crippen LogP contribution in [0.1, 0.15) is 6.42 Å². The highest BCUT2D eigenvalue weighted by molar-refractivity contribution is 6.41. The minimum atomic E-state index is -4.92. The Morgan fingerprint density at radius 1 is 1.21 bits per heavy atom. The standard InChI is InChI=1S/C10H6Cl3F3N2O/c11-5-3-6(12)8(7(13)4-5)18-9(19,1-2-17-18)10(14,15)16/h2-4,19H,1H2/t9-/m1/s1. The number of hydrogen-bond donors (Lipinski definition) is 1. The summed E-state index contributed by atoms with van der Waals surface area (Å²) in [5, 5.41) is 13.5. The molecular weight excluding hydrogens is 327 g/mol. The lowest BCUT2D eigenvalue weighted by Crippen LogP contribution is -2.55. The van der Waals surface area contributed by atoms with Crippen molar-refractivity contribution in [3.63, 3.8) is 0 Å². The molecule has 0 amide bonds. The number of halogens is 6. The molecule has 0 saturated heterocycles. The molecule has 2 rings (SSSR count). The molecule has 1 atom stereocenters. The molecular formula is C10H6Cl3F3N2O. The Morgan fingerprint density at radius 3 is 2.21 bits per heavy atom. The van der Waals surface area contributed by atoms with E-state index in [0.29, 0.717) is 5.01 Å². The monoisotopic (exact) mass is 332 g/mol. The first-order valence-corrected chi connectivity index (χ1v) is 6.06. The molecule has 1 aliphatic heterocycles. The smallest absolute Gasteiger partial charge is 0.362 e. The second-order valence-corrected chi connectivity index (χ2v) is 5.10. The van der Waals surface area contributed by atoms with E-state index < -0.39 is 18.3 Å². The van der Waals surface area contributed by atoms with E-state index in [1.807, 2.05) is 0 Å². The largest absolute Gasteiger partial charge is 0.438 e. The van der Waals surface area contributed by atoms with Gasteiger partial charge >= 0.3 is 6.18 Å². The van der Waals surface area contributed by atoms with E-state index in [2.05, 4.69) is 5.10 Å². The quantitative estimate of drug-likeness (QED) is 0.840. The Morgan fingerprint density at radius 2 is 1.74 bits per heavy atom. The van der Waals surface area contributed by atoms with Gasteiger partial charge < -0.3 is 5.11 Å². The van der Waals surface area contributed by atoms with Gasteiger partial charge in [0.25, 0.3) is 5.72 Å². The summed E-state index contributed by atoms with van der Waals surface area (Å²) < 4.78 is 38.8. The number of rotatable bonds is 1. The minimum Gasteiger partial charge on any atom is -0.362 e. The fraction of sp³-hybridized carbons (Fsp3) is 0.300. The number of aliphatic hydroxyl groups is 1. The molecule has 0 aliphatic carbocycles. The van der Waals surface area contributed by atoms with Crippen LogP contribution in [0, 0.1) is 0 Å². The Balaban J connectivity index is 2.56. The summed E-state index contributed by atoms with van der Waals surface area (Å²) in [6, 6.07) is 2.43. The van der Waals surface area contributed by atoms with Crippen molar-refractivity contribution in [2.45, 2.75) is 18.3 Å². The molecule has 1 aromatic carbocycles. The molecule has 1 aliphatic rings. The summed E-state index contributed by atoms with van der Waals surface area (Å²) in [5.74, 6) is 0. The van der Waals surface area contributed by atoms with Crippen molar-refractivity contribution in [3.05, 3.63) is 27.2 Å². The maximum atomic E-state index is 12.9. The summed E-state index contributed by atoms with van der Waals surface area (Å²) in [5.41, 5.74) is -3.42. The van der Waals surface area contributed by atoms with Crippen molar-refractivity contribution in [3.8, 4) is 0 Å². The Hall–Kier alpha value is -0.690. The molecule has 0 radical (unpaired) electrons. The normalized spacial score (nSPS) is 23.2. The second kappa shape index (κ2) is 4.70. The van der Waals surface area contributed by atoms with Gasteiger partial charge in [-0.15, -0.1) is 0 Å². The highest BCUT2D eigenvalue weighted by Gasteiger charge is 2.60. The maximum Gasteiger partial charge on any atom is 0.438 e. The van der Waals surface area contributed by atoms with Crippen LogP contribution in [0.3, 0.4) is 0 Å². The molecule has 0 spiro atoms. The van der Waals surface area contributed by atoms with Crippen LogP contribution >= 0.6 is 34.8 Å². The van der Waals surface area contributed by atoms with Crippen LogP contribution in [0.2, 0.25) is 15.1 Å². The summed E-state index contributed by atoms with van der Waals surface area (Å²) in [6.45, 7) is 0. The molecule has 0 unspecified atom stereocenters. The minimum absolute atomic E-state index is 0.140. The van der Waals surface area contributed by atoms with E-state index in [1.165, 1.54) is 12.1 Å². The molecule has 1 aromatic rings. The van der Waals surface area contributed by atoms with Crippen molar-refractivity contribution in [1.82, 2.24) is 0 Å². The summed E-state index contributed by atoms with van der Waals surface area (Å²) >= 11 is 17.3. The van der Waals surface area contributed by atoms with Gasteiger partial charge in [0, 0.05) is 17.7 Å². The Bertz CT molecular complexity index is 526. The second-order valence-electron chi connectivity index (χ2n) is 3.85. The van der Waals surface area contributed by atoms with Crippen LogP contribution in [0.15, 0.2) is 17.2 Å². The first kappa shape index (κ1) is 14.7. The average Bonchev–Trinajstić information content (AvgIpc) is 2.60. The van der Waals surface area contributed by atoms with Crippen LogP contribution in [0.5, 0.6) is 0 Å². The van der Waals surface area contributed by atoms with Crippen LogP contribution in [0.4, 0.5) is 18.9 Å². The fourth-order valence-electron chi connectivity index (χ4n) is 1.65. The van der Waals surface area contributed by atoms with Crippen LogP contribution in [-0.2, 0) is 0 Å². The van der Waals surface area contributed by atoms with Crippen LogP contribution in [0.25, 0.3) is 0 Å². The molecule has 1 N–H and O–H groups in total. The van der Waals surface area contributed by atoms with Gasteiger partial charge in [0.2, 0.25) is 0 Å². The molecule has 0 bridgehead atoms. The Labute approximate surface area is 121 Å². The van der Waals surface area contributed by atoms with Crippen molar-refractivity contribution in [2.75, 3.05) is 5.01 Å². The zero-order valence-electron chi connectivity index (χ0n) is 9.05. The third kappa shape index (κ3) is 2.38. The SMILES string of the molecule is O[C@@]1(C(F)(F)F)CC=NN1c1c(Cl)cc(Cl)cc1Cl. The highest BCUT2D eigenvalue weighted by Crippen LogP contribution is 2.46. The molecule has 0 saturated carbocycles. The molecule has 19 heavy (non-hydrogen) atoms. The van der Waals surface area contributed by atoms with Gasteiger partial charge in [-0.3, -0.25) is 0 Å². The molecule has 1 heterocycles. The van der Waals surface area contributed by atoms with E-state index >= 15 is 0 Å². The van der Waals surface area contributed by atoms with Crippen LogP contribution < -0.4 is 5.01 Å². The first-order chi connectivity index (χ1) is 8.67. The molecule has 9 heteroatoms. The summed E-state index contributed by atoms with van der Waals surface area (Å²) in [7, 11) is 0. The van der Waals surface area contributed by atoms with Crippen molar-refractivity contribution >= 4 is 46.7 Å². The van der Waals surface area contributed by atoms with Crippen molar-refractivity contribution < 1.29 is 18.3 Å². The third-order valence-corrected chi connectivity index (χ3v) is 3.37. The van der Waals surface area contributed by atoms with Gasteiger partial charge in [-0.1, -0.05) is 34.8 Å². The molecule has 3 nitrogen and oxygen atoms in total. The lowest BCUT2D eigenvalue weighted by atomic mass is 10.1. The summed E-state index contributed by atoms with van der Waals surface area (Å²) in [6.07, 6.45) is -4.70. The number of nitrogens with zero attached hydrogens (tertiary/aromatic N) is 2. The van der Waals surface area contributed by atoms with E-state index in [1.54, 1.807) is 0 Å².